The van der Waals surface area contributed by atoms with E-state index in [2.05, 4.69) is 0 Å². The number of furan rings is 1. The van der Waals surface area contributed by atoms with Gasteiger partial charge in [-0.05, 0) is 37.1 Å². The lowest BCUT2D eigenvalue weighted by Gasteiger charge is -2.30. The van der Waals surface area contributed by atoms with Gasteiger partial charge < -0.3 is 10.2 Å². The average Bonchev–Trinajstić information content (AvgIpc) is 2.81. The number of fused-ring (bicyclic) bond motifs is 1. The number of Topliss-reactive ketones (excluding diaryl/α,β-unsaturated/α-hetero) is 1. The molecule has 0 saturated heterocycles. The summed E-state index contributed by atoms with van der Waals surface area (Å²) in [6, 6.07) is 7.06. The molecule has 0 radical (unpaired) electrons. The standard InChI is InChI=1S/C15H16ClNO2/c16-11-4-5-12-10(8-11)9-13(19-12)14(18)15(17)6-2-1-3-7-15/h4-5,8-9H,1-3,6-7,17H2. The Morgan fingerprint density at radius 2 is 1.95 bits per heavy atom. The van der Waals surface area contributed by atoms with Gasteiger partial charge in [0.1, 0.15) is 5.58 Å². The molecule has 0 spiro atoms. The Morgan fingerprint density at radius 3 is 2.68 bits per heavy atom. The predicted octanol–water partition coefficient (Wildman–Crippen LogP) is 3.93. The first-order chi connectivity index (χ1) is 9.08. The smallest absolute Gasteiger partial charge is 0.217 e. The predicted molar refractivity (Wildman–Crippen MR) is 75.6 cm³/mol. The van der Waals surface area contributed by atoms with Crippen LogP contribution in [0, 0.1) is 0 Å². The van der Waals surface area contributed by atoms with Gasteiger partial charge in [0.15, 0.2) is 5.76 Å². The fraction of sp³-hybridized carbons (Fsp3) is 0.400. The third-order valence-corrected chi connectivity index (χ3v) is 4.14. The number of hydrogen-bond acceptors (Lipinski definition) is 3. The maximum Gasteiger partial charge on any atom is 0.217 e. The Balaban J connectivity index is 1.97. The molecule has 2 aromatic rings. The largest absolute Gasteiger partial charge is 0.453 e. The highest BCUT2D eigenvalue weighted by molar-refractivity contribution is 6.31. The number of hydrogen-bond donors (Lipinski definition) is 1. The lowest BCUT2D eigenvalue weighted by Crippen LogP contribution is -2.49. The van der Waals surface area contributed by atoms with Gasteiger partial charge in [0.05, 0.1) is 5.54 Å². The van der Waals surface area contributed by atoms with Crippen LogP contribution in [0.4, 0.5) is 0 Å². The Kier molecular flexibility index (Phi) is 3.11. The van der Waals surface area contributed by atoms with Crippen molar-refractivity contribution in [1.82, 2.24) is 0 Å². The molecule has 4 heteroatoms. The van der Waals surface area contributed by atoms with Gasteiger partial charge in [0.2, 0.25) is 5.78 Å². The van der Waals surface area contributed by atoms with E-state index in [0.717, 1.165) is 37.5 Å². The van der Waals surface area contributed by atoms with Crippen molar-refractivity contribution in [2.75, 3.05) is 0 Å². The third-order valence-electron chi connectivity index (χ3n) is 3.90. The molecule has 1 heterocycles. The second-order valence-corrected chi connectivity index (χ2v) is 5.78. The molecule has 100 valence electrons. The molecular formula is C15H16ClNO2. The second-order valence-electron chi connectivity index (χ2n) is 5.34. The number of ketones is 1. The van der Waals surface area contributed by atoms with Crippen molar-refractivity contribution in [3.63, 3.8) is 0 Å². The van der Waals surface area contributed by atoms with Crippen LogP contribution in [0.25, 0.3) is 11.0 Å². The van der Waals surface area contributed by atoms with Crippen molar-refractivity contribution >= 4 is 28.4 Å². The first kappa shape index (κ1) is 12.7. The maximum atomic E-state index is 12.5. The normalized spacial score (nSPS) is 18.6. The van der Waals surface area contributed by atoms with E-state index in [1.807, 2.05) is 0 Å². The summed E-state index contributed by atoms with van der Waals surface area (Å²) in [6.45, 7) is 0. The van der Waals surface area contributed by atoms with Gasteiger partial charge in [-0.3, -0.25) is 4.79 Å². The first-order valence-corrected chi connectivity index (χ1v) is 6.99. The summed E-state index contributed by atoms with van der Waals surface area (Å²) in [7, 11) is 0. The highest BCUT2D eigenvalue weighted by Crippen LogP contribution is 2.31. The first-order valence-electron chi connectivity index (χ1n) is 6.61. The van der Waals surface area contributed by atoms with Crippen LogP contribution in [-0.4, -0.2) is 11.3 Å². The molecule has 1 aromatic heterocycles. The van der Waals surface area contributed by atoms with Crippen LogP contribution >= 0.6 is 11.6 Å². The van der Waals surface area contributed by atoms with E-state index in [1.54, 1.807) is 24.3 Å². The van der Waals surface area contributed by atoms with E-state index in [0.29, 0.717) is 16.4 Å². The van der Waals surface area contributed by atoms with Crippen LogP contribution in [0.3, 0.4) is 0 Å². The summed E-state index contributed by atoms with van der Waals surface area (Å²) in [4.78, 5) is 12.5. The second kappa shape index (κ2) is 4.66. The minimum Gasteiger partial charge on any atom is -0.453 e. The molecular weight excluding hydrogens is 262 g/mol. The van der Waals surface area contributed by atoms with Gasteiger partial charge in [-0.15, -0.1) is 0 Å². The average molecular weight is 278 g/mol. The number of nitrogens with two attached hydrogens (primary N) is 1. The van der Waals surface area contributed by atoms with Crippen LogP contribution in [0.5, 0.6) is 0 Å². The minimum absolute atomic E-state index is 0.0838. The van der Waals surface area contributed by atoms with Crippen molar-refractivity contribution < 1.29 is 9.21 Å². The molecule has 3 nitrogen and oxygen atoms in total. The zero-order valence-corrected chi connectivity index (χ0v) is 11.4. The van der Waals surface area contributed by atoms with Gasteiger partial charge in [-0.2, -0.15) is 0 Å². The minimum atomic E-state index is -0.754. The number of halogens is 1. The van der Waals surface area contributed by atoms with Crippen molar-refractivity contribution in [1.29, 1.82) is 0 Å². The van der Waals surface area contributed by atoms with Crippen LogP contribution in [0.15, 0.2) is 28.7 Å². The Labute approximate surface area is 116 Å². The Hall–Kier alpha value is -1.32. The number of benzene rings is 1. The van der Waals surface area contributed by atoms with Crippen LogP contribution in [0.1, 0.15) is 42.7 Å². The molecule has 1 aliphatic rings. The molecule has 1 saturated carbocycles. The lowest BCUT2D eigenvalue weighted by atomic mass is 9.79. The number of carbonyl (C=O) groups is 1. The molecule has 1 aromatic carbocycles. The van der Waals surface area contributed by atoms with E-state index in [9.17, 15) is 4.79 Å². The number of rotatable bonds is 2. The van der Waals surface area contributed by atoms with Crippen molar-refractivity contribution in [3.05, 3.63) is 35.0 Å². The van der Waals surface area contributed by atoms with Crippen LogP contribution in [0.2, 0.25) is 5.02 Å². The molecule has 0 atom stereocenters. The highest BCUT2D eigenvalue weighted by atomic mass is 35.5. The summed E-state index contributed by atoms with van der Waals surface area (Å²) in [6.07, 6.45) is 4.65. The van der Waals surface area contributed by atoms with Crippen molar-refractivity contribution in [3.8, 4) is 0 Å². The lowest BCUT2D eigenvalue weighted by molar-refractivity contribution is 0.0820. The summed E-state index contributed by atoms with van der Waals surface area (Å²) in [5.74, 6) is 0.265. The summed E-state index contributed by atoms with van der Waals surface area (Å²) >= 11 is 5.93. The molecule has 19 heavy (non-hydrogen) atoms. The van der Waals surface area contributed by atoms with E-state index in [-0.39, 0.29) is 5.78 Å². The molecule has 0 unspecified atom stereocenters. The van der Waals surface area contributed by atoms with Crippen molar-refractivity contribution in [2.45, 2.75) is 37.6 Å². The van der Waals surface area contributed by atoms with E-state index in [4.69, 9.17) is 21.8 Å². The summed E-state index contributed by atoms with van der Waals surface area (Å²) in [5.41, 5.74) is 6.17. The molecule has 1 fully saturated rings. The highest BCUT2D eigenvalue weighted by Gasteiger charge is 2.37. The van der Waals surface area contributed by atoms with E-state index >= 15 is 0 Å². The van der Waals surface area contributed by atoms with Crippen LogP contribution in [-0.2, 0) is 0 Å². The van der Waals surface area contributed by atoms with Crippen molar-refractivity contribution in [2.24, 2.45) is 5.73 Å². The monoisotopic (exact) mass is 277 g/mol. The van der Waals surface area contributed by atoms with Gasteiger partial charge >= 0.3 is 0 Å². The fourth-order valence-corrected chi connectivity index (χ4v) is 2.96. The van der Waals surface area contributed by atoms with Gasteiger partial charge in [-0.1, -0.05) is 30.9 Å². The molecule has 0 aliphatic heterocycles. The quantitative estimate of drug-likeness (QED) is 0.846. The zero-order valence-electron chi connectivity index (χ0n) is 10.6. The number of carbonyl (C=O) groups excluding carboxylic acids is 1. The summed E-state index contributed by atoms with van der Waals surface area (Å²) < 4.78 is 5.62. The van der Waals surface area contributed by atoms with Crippen LogP contribution < -0.4 is 5.73 Å². The third kappa shape index (κ3) is 2.28. The van der Waals surface area contributed by atoms with E-state index < -0.39 is 5.54 Å². The van der Waals surface area contributed by atoms with Gasteiger partial charge in [0.25, 0.3) is 0 Å². The topological polar surface area (TPSA) is 56.2 Å². The zero-order chi connectivity index (χ0) is 13.5. The molecule has 0 amide bonds. The van der Waals surface area contributed by atoms with E-state index in [1.165, 1.54) is 0 Å². The fourth-order valence-electron chi connectivity index (χ4n) is 2.78. The van der Waals surface area contributed by atoms with Gasteiger partial charge in [-0.25, -0.2) is 0 Å². The molecule has 1 aliphatic carbocycles. The Morgan fingerprint density at radius 1 is 1.21 bits per heavy atom. The molecule has 3 rings (SSSR count). The summed E-state index contributed by atoms with van der Waals surface area (Å²) in [5, 5.41) is 1.47. The maximum absolute atomic E-state index is 12.5. The SMILES string of the molecule is NC1(C(=O)c2cc3cc(Cl)ccc3o2)CCCCC1. The van der Waals surface area contributed by atoms with Gasteiger partial charge in [0, 0.05) is 10.4 Å². The Bertz CT molecular complexity index is 626. The molecule has 2 N–H and O–H groups in total. The molecule has 0 bridgehead atoms.